The maximum atomic E-state index is 13.4. The number of rotatable bonds is 6. The van der Waals surface area contributed by atoms with E-state index in [0.717, 1.165) is 11.0 Å². The van der Waals surface area contributed by atoms with Crippen LogP contribution in [0.15, 0.2) is 65.6 Å². The third-order valence-corrected chi connectivity index (χ3v) is 3.27. The van der Waals surface area contributed by atoms with Crippen LogP contribution >= 0.6 is 0 Å². The second-order valence-corrected chi connectivity index (χ2v) is 5.02. The molecule has 0 spiro atoms. The van der Waals surface area contributed by atoms with Gasteiger partial charge in [-0.2, -0.15) is 0 Å². The maximum Gasteiger partial charge on any atom is 0.276 e. The van der Waals surface area contributed by atoms with Crippen molar-refractivity contribution in [3.63, 3.8) is 0 Å². The normalized spacial score (nSPS) is 10.4. The fourth-order valence-corrected chi connectivity index (χ4v) is 2.08. The molecule has 0 aliphatic heterocycles. The Morgan fingerprint density at radius 3 is 2.67 bits per heavy atom. The number of carbonyl (C=O) groups excluding carboxylic acids is 1. The molecule has 2 aromatic carbocycles. The SMILES string of the molecule is C=C(NNC(=O)COc1ccccc1F)c1cc2ccccc2o1. The van der Waals surface area contributed by atoms with Crippen LogP contribution in [0.3, 0.4) is 0 Å². The summed E-state index contributed by atoms with van der Waals surface area (Å²) >= 11 is 0. The van der Waals surface area contributed by atoms with E-state index in [1.807, 2.05) is 30.3 Å². The van der Waals surface area contributed by atoms with Crippen LogP contribution in [-0.2, 0) is 4.79 Å². The summed E-state index contributed by atoms with van der Waals surface area (Å²) in [6.07, 6.45) is 0. The monoisotopic (exact) mass is 326 g/mol. The summed E-state index contributed by atoms with van der Waals surface area (Å²) < 4.78 is 24.1. The van der Waals surface area contributed by atoms with Crippen molar-refractivity contribution in [3.8, 4) is 5.75 Å². The largest absolute Gasteiger partial charge is 0.481 e. The molecule has 0 fully saturated rings. The number of para-hydroxylation sites is 2. The number of hydrazine groups is 1. The van der Waals surface area contributed by atoms with Crippen LogP contribution in [0.4, 0.5) is 4.39 Å². The van der Waals surface area contributed by atoms with Gasteiger partial charge in [-0.3, -0.25) is 15.6 Å². The summed E-state index contributed by atoms with van der Waals surface area (Å²) in [5.41, 5.74) is 6.19. The molecule has 2 N–H and O–H groups in total. The average molecular weight is 326 g/mol. The van der Waals surface area contributed by atoms with Crippen molar-refractivity contribution in [1.82, 2.24) is 10.9 Å². The second-order valence-electron chi connectivity index (χ2n) is 5.02. The molecule has 0 aliphatic carbocycles. The molecule has 3 rings (SSSR count). The highest BCUT2D eigenvalue weighted by Crippen LogP contribution is 2.22. The summed E-state index contributed by atoms with van der Waals surface area (Å²) in [4.78, 5) is 11.7. The lowest BCUT2D eigenvalue weighted by Crippen LogP contribution is -2.38. The molecule has 0 unspecified atom stereocenters. The molecule has 5 nitrogen and oxygen atoms in total. The predicted octanol–water partition coefficient (Wildman–Crippen LogP) is 3.24. The van der Waals surface area contributed by atoms with Crippen molar-refractivity contribution in [1.29, 1.82) is 0 Å². The highest BCUT2D eigenvalue weighted by molar-refractivity contribution is 5.82. The molecule has 122 valence electrons. The first-order valence-electron chi connectivity index (χ1n) is 7.23. The second kappa shape index (κ2) is 6.87. The number of furan rings is 1. The predicted molar refractivity (Wildman–Crippen MR) is 88.4 cm³/mol. The van der Waals surface area contributed by atoms with Crippen molar-refractivity contribution in [3.05, 3.63) is 72.8 Å². The molecule has 24 heavy (non-hydrogen) atoms. The van der Waals surface area contributed by atoms with Crippen molar-refractivity contribution >= 4 is 22.6 Å². The van der Waals surface area contributed by atoms with Crippen LogP contribution in [0.25, 0.3) is 16.7 Å². The molecule has 0 bridgehead atoms. The number of nitrogens with one attached hydrogen (secondary N) is 2. The first-order valence-corrected chi connectivity index (χ1v) is 7.23. The lowest BCUT2D eigenvalue weighted by atomic mass is 10.2. The number of hydrogen-bond acceptors (Lipinski definition) is 4. The van der Waals surface area contributed by atoms with Gasteiger partial charge in [-0.25, -0.2) is 4.39 Å². The van der Waals surface area contributed by atoms with Crippen LogP contribution in [0.1, 0.15) is 5.76 Å². The summed E-state index contributed by atoms with van der Waals surface area (Å²) in [6, 6.07) is 15.2. The van der Waals surface area contributed by atoms with E-state index in [1.165, 1.54) is 12.1 Å². The Balaban J connectivity index is 1.52. The van der Waals surface area contributed by atoms with Gasteiger partial charge in [-0.1, -0.05) is 36.9 Å². The first-order chi connectivity index (χ1) is 11.6. The molecule has 3 aromatic rings. The fraction of sp³-hybridized carbons (Fsp3) is 0.0556. The minimum Gasteiger partial charge on any atom is -0.481 e. The number of hydrogen-bond donors (Lipinski definition) is 2. The molecule has 1 aromatic heterocycles. The lowest BCUT2D eigenvalue weighted by molar-refractivity contribution is -0.123. The Kier molecular flexibility index (Phi) is 4.47. The number of fused-ring (bicyclic) bond motifs is 1. The van der Waals surface area contributed by atoms with E-state index in [1.54, 1.807) is 12.1 Å². The summed E-state index contributed by atoms with van der Waals surface area (Å²) in [7, 11) is 0. The molecule has 0 saturated heterocycles. The number of halogens is 1. The summed E-state index contributed by atoms with van der Waals surface area (Å²) in [5.74, 6) is -0.476. The topological polar surface area (TPSA) is 63.5 Å². The Morgan fingerprint density at radius 2 is 1.88 bits per heavy atom. The molecule has 0 atom stereocenters. The van der Waals surface area contributed by atoms with E-state index < -0.39 is 11.7 Å². The van der Waals surface area contributed by atoms with Gasteiger partial charge >= 0.3 is 0 Å². The minimum atomic E-state index is -0.523. The first kappa shape index (κ1) is 15.6. The van der Waals surface area contributed by atoms with Crippen LogP contribution in [0, 0.1) is 5.82 Å². The molecule has 0 aliphatic rings. The number of amides is 1. The third-order valence-electron chi connectivity index (χ3n) is 3.27. The standard InChI is InChI=1S/C18H15FN2O3/c1-12(17-10-13-6-2-4-8-15(13)24-17)20-21-18(22)11-23-16-9-5-3-7-14(16)19/h2-10,20H,1,11H2,(H,21,22). The van der Waals surface area contributed by atoms with Crippen LogP contribution < -0.4 is 15.6 Å². The maximum absolute atomic E-state index is 13.4. The highest BCUT2D eigenvalue weighted by Gasteiger charge is 2.09. The van der Waals surface area contributed by atoms with Crippen LogP contribution in [0.2, 0.25) is 0 Å². The number of benzene rings is 2. The van der Waals surface area contributed by atoms with Gasteiger partial charge < -0.3 is 9.15 Å². The fourth-order valence-electron chi connectivity index (χ4n) is 2.08. The van der Waals surface area contributed by atoms with Gasteiger partial charge in [-0.15, -0.1) is 0 Å². The molecule has 0 radical (unpaired) electrons. The zero-order valence-corrected chi connectivity index (χ0v) is 12.7. The molecule has 1 heterocycles. The zero-order valence-electron chi connectivity index (χ0n) is 12.7. The van der Waals surface area contributed by atoms with Gasteiger partial charge in [0, 0.05) is 5.39 Å². The van der Waals surface area contributed by atoms with E-state index in [-0.39, 0.29) is 12.4 Å². The minimum absolute atomic E-state index is 0.0174. The van der Waals surface area contributed by atoms with E-state index in [9.17, 15) is 9.18 Å². The van der Waals surface area contributed by atoms with Crippen molar-refractivity contribution in [2.45, 2.75) is 0 Å². The smallest absolute Gasteiger partial charge is 0.276 e. The van der Waals surface area contributed by atoms with Crippen LogP contribution in [-0.4, -0.2) is 12.5 Å². The Hall–Kier alpha value is -3.28. The van der Waals surface area contributed by atoms with E-state index in [0.29, 0.717) is 11.5 Å². The van der Waals surface area contributed by atoms with Crippen molar-refractivity contribution in [2.24, 2.45) is 0 Å². The van der Waals surface area contributed by atoms with Gasteiger partial charge in [0.15, 0.2) is 23.9 Å². The number of carbonyl (C=O) groups is 1. The van der Waals surface area contributed by atoms with Gasteiger partial charge in [0.2, 0.25) is 0 Å². The van der Waals surface area contributed by atoms with E-state index >= 15 is 0 Å². The van der Waals surface area contributed by atoms with Gasteiger partial charge in [0.05, 0.1) is 5.70 Å². The highest BCUT2D eigenvalue weighted by atomic mass is 19.1. The summed E-state index contributed by atoms with van der Waals surface area (Å²) in [5, 5.41) is 0.935. The average Bonchev–Trinajstić information content (AvgIpc) is 3.03. The molecular formula is C18H15FN2O3. The van der Waals surface area contributed by atoms with Crippen LogP contribution in [0.5, 0.6) is 5.75 Å². The molecule has 0 saturated carbocycles. The quantitative estimate of drug-likeness (QED) is 0.683. The lowest BCUT2D eigenvalue weighted by Gasteiger charge is -2.10. The van der Waals surface area contributed by atoms with E-state index in [2.05, 4.69) is 17.4 Å². The Morgan fingerprint density at radius 1 is 1.12 bits per heavy atom. The van der Waals surface area contributed by atoms with Crippen molar-refractivity contribution < 1.29 is 18.3 Å². The Labute approximate surface area is 137 Å². The Bertz CT molecular complexity index is 856. The molecule has 1 amide bonds. The molecule has 6 heteroatoms. The summed E-state index contributed by atoms with van der Waals surface area (Å²) in [6.45, 7) is 3.47. The van der Waals surface area contributed by atoms with Crippen molar-refractivity contribution in [2.75, 3.05) is 6.61 Å². The third kappa shape index (κ3) is 3.55. The van der Waals surface area contributed by atoms with E-state index in [4.69, 9.17) is 9.15 Å². The number of ether oxygens (including phenoxy) is 1. The van der Waals surface area contributed by atoms with Gasteiger partial charge in [0.1, 0.15) is 5.58 Å². The van der Waals surface area contributed by atoms with Gasteiger partial charge in [-0.05, 0) is 24.3 Å². The zero-order chi connectivity index (χ0) is 16.9. The van der Waals surface area contributed by atoms with Gasteiger partial charge in [0.25, 0.3) is 5.91 Å². The molecular weight excluding hydrogens is 311 g/mol.